The monoisotopic (exact) mass is 192 g/mol. The van der Waals surface area contributed by atoms with Crippen LogP contribution in [0.15, 0.2) is 0 Å². The Morgan fingerprint density at radius 2 is 1.27 bits per heavy atom. The zero-order valence-electron chi connectivity index (χ0n) is 8.18. The van der Waals surface area contributed by atoms with Crippen LogP contribution in [0.1, 0.15) is 13.3 Å². The summed E-state index contributed by atoms with van der Waals surface area (Å²) in [4.78, 5) is 19.7. The van der Waals surface area contributed by atoms with Gasteiger partial charge in [-0.25, -0.2) is 0 Å². The van der Waals surface area contributed by atoms with Gasteiger partial charge in [0, 0.05) is 0 Å². The summed E-state index contributed by atoms with van der Waals surface area (Å²) in [5.74, 6) is 0. The van der Waals surface area contributed by atoms with Crippen LogP contribution in [0.3, 0.4) is 0 Å². The standard InChI is InChI=1S/C7H20O2Si2/c1-6-7(10(2,3)8)11(4,5)9/h7-9H,6H2,1-5H3. The van der Waals surface area contributed by atoms with Crippen molar-refractivity contribution >= 4 is 16.6 Å². The van der Waals surface area contributed by atoms with Crippen LogP contribution in [0, 0.1) is 0 Å². The molecule has 0 amide bonds. The van der Waals surface area contributed by atoms with Crippen molar-refractivity contribution in [1.29, 1.82) is 0 Å². The van der Waals surface area contributed by atoms with Crippen molar-refractivity contribution in [1.82, 2.24) is 0 Å². The van der Waals surface area contributed by atoms with Gasteiger partial charge in [-0.1, -0.05) is 13.3 Å². The number of rotatable bonds is 3. The number of hydrogen-bond donors (Lipinski definition) is 2. The van der Waals surface area contributed by atoms with Crippen LogP contribution in [0.5, 0.6) is 0 Å². The summed E-state index contributed by atoms with van der Waals surface area (Å²) in [6, 6.07) is 0. The van der Waals surface area contributed by atoms with Crippen molar-refractivity contribution < 1.29 is 9.59 Å². The highest BCUT2D eigenvalue weighted by Gasteiger charge is 2.41. The molecule has 11 heavy (non-hydrogen) atoms. The van der Waals surface area contributed by atoms with Gasteiger partial charge in [0.25, 0.3) is 0 Å². The third-order valence-electron chi connectivity index (χ3n) is 2.11. The van der Waals surface area contributed by atoms with Gasteiger partial charge in [-0.05, 0) is 31.4 Å². The molecule has 0 rings (SSSR count). The van der Waals surface area contributed by atoms with Gasteiger partial charge in [0.1, 0.15) is 0 Å². The Hall–Kier alpha value is 0.354. The molecule has 0 aromatic rings. The molecular formula is C7H20O2Si2. The van der Waals surface area contributed by atoms with E-state index in [2.05, 4.69) is 0 Å². The van der Waals surface area contributed by atoms with E-state index in [1.807, 2.05) is 33.1 Å². The van der Waals surface area contributed by atoms with Crippen molar-refractivity contribution in [2.24, 2.45) is 0 Å². The normalized spacial score (nSPS) is 14.2. The zero-order valence-corrected chi connectivity index (χ0v) is 10.2. The Morgan fingerprint density at radius 1 is 1.00 bits per heavy atom. The van der Waals surface area contributed by atoms with Crippen LogP contribution in [-0.2, 0) is 0 Å². The zero-order chi connectivity index (χ0) is 9.28. The molecule has 0 unspecified atom stereocenters. The largest absolute Gasteiger partial charge is 0.432 e. The Bertz CT molecular complexity index is 109. The minimum atomic E-state index is -2.11. The molecule has 2 N–H and O–H groups in total. The summed E-state index contributed by atoms with van der Waals surface area (Å²) in [6.07, 6.45) is 0.908. The average molecular weight is 192 g/mol. The summed E-state index contributed by atoms with van der Waals surface area (Å²) in [5, 5.41) is 0.204. The molecule has 2 nitrogen and oxygen atoms in total. The highest BCUT2D eigenvalue weighted by Crippen LogP contribution is 2.31. The van der Waals surface area contributed by atoms with Crippen molar-refractivity contribution in [3.63, 3.8) is 0 Å². The first kappa shape index (κ1) is 11.4. The second-order valence-electron chi connectivity index (χ2n) is 4.27. The minimum absolute atomic E-state index is 0.204. The summed E-state index contributed by atoms with van der Waals surface area (Å²) in [7, 11) is -4.22. The third-order valence-corrected chi connectivity index (χ3v) is 10.6. The maximum Gasteiger partial charge on any atom is 0.185 e. The molecule has 0 radical (unpaired) electrons. The molecular weight excluding hydrogens is 172 g/mol. The maximum atomic E-state index is 9.83. The van der Waals surface area contributed by atoms with E-state index in [4.69, 9.17) is 0 Å². The van der Waals surface area contributed by atoms with Gasteiger partial charge in [0.2, 0.25) is 0 Å². The van der Waals surface area contributed by atoms with Crippen molar-refractivity contribution in [3.8, 4) is 0 Å². The molecule has 0 fully saturated rings. The second-order valence-corrected chi connectivity index (χ2v) is 12.9. The molecule has 0 aliphatic carbocycles. The van der Waals surface area contributed by atoms with Gasteiger partial charge < -0.3 is 9.59 Å². The lowest BCUT2D eigenvalue weighted by molar-refractivity contribution is 0.497. The van der Waals surface area contributed by atoms with Gasteiger partial charge in [-0.15, -0.1) is 0 Å². The first-order valence-corrected chi connectivity index (χ1v) is 10.2. The second kappa shape index (κ2) is 3.39. The Kier molecular flexibility index (Phi) is 3.50. The fourth-order valence-corrected chi connectivity index (χ4v) is 10.8. The van der Waals surface area contributed by atoms with Gasteiger partial charge in [0.15, 0.2) is 16.6 Å². The summed E-state index contributed by atoms with van der Waals surface area (Å²) < 4.78 is 0. The average Bonchev–Trinajstić information content (AvgIpc) is 1.56. The van der Waals surface area contributed by atoms with Gasteiger partial charge >= 0.3 is 0 Å². The molecule has 0 aliphatic rings. The summed E-state index contributed by atoms with van der Waals surface area (Å²) in [5.41, 5.74) is 0. The van der Waals surface area contributed by atoms with E-state index >= 15 is 0 Å². The van der Waals surface area contributed by atoms with E-state index in [9.17, 15) is 9.59 Å². The first-order chi connectivity index (χ1) is 4.69. The van der Waals surface area contributed by atoms with Crippen LogP contribution in [-0.4, -0.2) is 26.2 Å². The molecule has 4 heteroatoms. The van der Waals surface area contributed by atoms with E-state index in [0.29, 0.717) is 0 Å². The van der Waals surface area contributed by atoms with Gasteiger partial charge in [0.05, 0.1) is 0 Å². The van der Waals surface area contributed by atoms with E-state index in [1.54, 1.807) is 0 Å². The SMILES string of the molecule is CCC([Si](C)(C)O)[Si](C)(C)O. The Labute approximate surface area is 71.5 Å². The van der Waals surface area contributed by atoms with E-state index < -0.39 is 16.6 Å². The fraction of sp³-hybridized carbons (Fsp3) is 1.00. The molecule has 0 bridgehead atoms. The van der Waals surface area contributed by atoms with E-state index in [1.165, 1.54) is 0 Å². The summed E-state index contributed by atoms with van der Waals surface area (Å²) in [6.45, 7) is 9.68. The lowest BCUT2D eigenvalue weighted by Gasteiger charge is -2.33. The topological polar surface area (TPSA) is 40.5 Å². The van der Waals surface area contributed by atoms with Crippen LogP contribution >= 0.6 is 0 Å². The maximum absolute atomic E-state index is 9.83. The quantitative estimate of drug-likeness (QED) is 0.668. The molecule has 0 spiro atoms. The van der Waals surface area contributed by atoms with Gasteiger partial charge in [-0.3, -0.25) is 0 Å². The predicted molar refractivity (Wildman–Crippen MR) is 53.4 cm³/mol. The third kappa shape index (κ3) is 3.51. The first-order valence-electron chi connectivity index (χ1n) is 4.14. The predicted octanol–water partition coefficient (Wildman–Crippen LogP) is 1.70. The van der Waals surface area contributed by atoms with Crippen LogP contribution in [0.25, 0.3) is 0 Å². The van der Waals surface area contributed by atoms with Crippen LogP contribution in [0.4, 0.5) is 0 Å². The van der Waals surface area contributed by atoms with Crippen molar-refractivity contribution in [3.05, 3.63) is 0 Å². The Balaban J connectivity index is 4.43. The van der Waals surface area contributed by atoms with Crippen LogP contribution in [0.2, 0.25) is 31.4 Å². The van der Waals surface area contributed by atoms with E-state index in [0.717, 1.165) is 6.42 Å². The minimum Gasteiger partial charge on any atom is -0.432 e. The lowest BCUT2D eigenvalue weighted by atomic mass is 10.6. The Morgan fingerprint density at radius 3 is 1.27 bits per heavy atom. The van der Waals surface area contributed by atoms with E-state index in [-0.39, 0.29) is 5.16 Å². The highest BCUT2D eigenvalue weighted by atomic mass is 28.4. The molecule has 0 heterocycles. The highest BCUT2D eigenvalue weighted by molar-refractivity contribution is 6.90. The number of hydrogen-bond acceptors (Lipinski definition) is 2. The lowest BCUT2D eigenvalue weighted by Crippen LogP contribution is -2.47. The van der Waals surface area contributed by atoms with Crippen molar-refractivity contribution in [2.45, 2.75) is 44.7 Å². The molecule has 0 saturated carbocycles. The molecule has 68 valence electrons. The van der Waals surface area contributed by atoms with Crippen molar-refractivity contribution in [2.75, 3.05) is 0 Å². The smallest absolute Gasteiger partial charge is 0.185 e. The molecule has 0 aromatic heterocycles. The molecule has 0 atom stereocenters. The molecule has 0 saturated heterocycles. The molecule has 0 aliphatic heterocycles. The van der Waals surface area contributed by atoms with Crippen LogP contribution < -0.4 is 0 Å². The fourth-order valence-electron chi connectivity index (χ4n) is 1.86. The molecule has 0 aromatic carbocycles. The summed E-state index contributed by atoms with van der Waals surface area (Å²) >= 11 is 0. The van der Waals surface area contributed by atoms with Gasteiger partial charge in [-0.2, -0.15) is 0 Å².